The Kier molecular flexibility index (Phi) is 4.41. The van der Waals surface area contributed by atoms with E-state index >= 15 is 0 Å². The monoisotopic (exact) mass is 270 g/mol. The van der Waals surface area contributed by atoms with Gasteiger partial charge < -0.3 is 9.84 Å². The minimum atomic E-state index is -0.412. The molecule has 0 radical (unpaired) electrons. The van der Waals surface area contributed by atoms with Crippen molar-refractivity contribution < 1.29 is 14.6 Å². The van der Waals surface area contributed by atoms with Crippen molar-refractivity contribution in [1.82, 2.24) is 0 Å². The standard InChI is InChI=1S/C17H18O3/c1-3-20-17(19)15-9-8-14(16(18)11-15)10-13-6-4-12(2)5-7-13/h4-9,11,18H,3,10H2,1-2H3. The molecule has 0 saturated carbocycles. The van der Waals surface area contributed by atoms with Crippen LogP contribution in [0, 0.1) is 6.92 Å². The lowest BCUT2D eigenvalue weighted by atomic mass is 10.0. The molecule has 3 heteroatoms. The van der Waals surface area contributed by atoms with Gasteiger partial charge in [-0.15, -0.1) is 0 Å². The van der Waals surface area contributed by atoms with Gasteiger partial charge in [0.25, 0.3) is 0 Å². The molecule has 0 aliphatic heterocycles. The summed E-state index contributed by atoms with van der Waals surface area (Å²) in [6.07, 6.45) is 0.634. The molecule has 0 heterocycles. The second-order valence-corrected chi connectivity index (χ2v) is 4.73. The van der Waals surface area contributed by atoms with E-state index in [-0.39, 0.29) is 5.75 Å². The molecule has 0 amide bonds. The van der Waals surface area contributed by atoms with Gasteiger partial charge in [-0.2, -0.15) is 0 Å². The smallest absolute Gasteiger partial charge is 0.338 e. The SMILES string of the molecule is CCOC(=O)c1ccc(Cc2ccc(C)cc2)c(O)c1. The van der Waals surface area contributed by atoms with Crippen LogP contribution in [0.5, 0.6) is 5.75 Å². The van der Waals surface area contributed by atoms with Crippen molar-refractivity contribution in [2.45, 2.75) is 20.3 Å². The molecule has 0 aliphatic carbocycles. The highest BCUT2D eigenvalue weighted by atomic mass is 16.5. The maximum atomic E-state index is 11.6. The number of hydrogen-bond acceptors (Lipinski definition) is 3. The summed E-state index contributed by atoms with van der Waals surface area (Å²) in [5.41, 5.74) is 3.49. The first-order valence-corrected chi connectivity index (χ1v) is 6.64. The number of esters is 1. The zero-order chi connectivity index (χ0) is 14.5. The van der Waals surface area contributed by atoms with Crippen LogP contribution in [0.2, 0.25) is 0 Å². The highest BCUT2D eigenvalue weighted by Crippen LogP contribution is 2.22. The van der Waals surface area contributed by atoms with Crippen LogP contribution in [-0.2, 0) is 11.2 Å². The Labute approximate surface area is 118 Å². The number of rotatable bonds is 4. The topological polar surface area (TPSA) is 46.5 Å². The van der Waals surface area contributed by atoms with Crippen molar-refractivity contribution in [3.8, 4) is 5.75 Å². The summed E-state index contributed by atoms with van der Waals surface area (Å²) in [6, 6.07) is 13.1. The first-order valence-electron chi connectivity index (χ1n) is 6.64. The van der Waals surface area contributed by atoms with E-state index < -0.39 is 5.97 Å². The molecule has 104 valence electrons. The predicted molar refractivity (Wildman–Crippen MR) is 78.0 cm³/mol. The molecule has 20 heavy (non-hydrogen) atoms. The Morgan fingerprint density at radius 3 is 2.45 bits per heavy atom. The lowest BCUT2D eigenvalue weighted by Gasteiger charge is -2.07. The largest absolute Gasteiger partial charge is 0.508 e. The molecule has 2 rings (SSSR count). The highest BCUT2D eigenvalue weighted by molar-refractivity contribution is 5.90. The highest BCUT2D eigenvalue weighted by Gasteiger charge is 2.10. The van der Waals surface area contributed by atoms with Crippen LogP contribution < -0.4 is 0 Å². The van der Waals surface area contributed by atoms with Gasteiger partial charge in [0.05, 0.1) is 12.2 Å². The van der Waals surface area contributed by atoms with E-state index in [4.69, 9.17) is 4.74 Å². The quantitative estimate of drug-likeness (QED) is 0.865. The average Bonchev–Trinajstić information content (AvgIpc) is 2.43. The zero-order valence-electron chi connectivity index (χ0n) is 11.7. The second-order valence-electron chi connectivity index (χ2n) is 4.73. The predicted octanol–water partition coefficient (Wildman–Crippen LogP) is 3.47. The molecule has 1 N–H and O–H groups in total. The van der Waals surface area contributed by atoms with E-state index in [0.29, 0.717) is 18.6 Å². The summed E-state index contributed by atoms with van der Waals surface area (Å²) in [6.45, 7) is 4.11. The van der Waals surface area contributed by atoms with Gasteiger partial charge in [-0.25, -0.2) is 4.79 Å². The van der Waals surface area contributed by atoms with E-state index in [2.05, 4.69) is 0 Å². The van der Waals surface area contributed by atoms with Crippen LogP contribution in [0.15, 0.2) is 42.5 Å². The maximum absolute atomic E-state index is 11.6. The second kappa shape index (κ2) is 6.24. The lowest BCUT2D eigenvalue weighted by molar-refractivity contribution is 0.0526. The third-order valence-corrected chi connectivity index (χ3v) is 3.11. The number of hydrogen-bond donors (Lipinski definition) is 1. The summed E-state index contributed by atoms with van der Waals surface area (Å²) in [5, 5.41) is 10.0. The molecule has 0 unspecified atom stereocenters. The van der Waals surface area contributed by atoms with Gasteiger partial charge in [-0.1, -0.05) is 35.9 Å². The molecule has 0 spiro atoms. The molecule has 2 aromatic carbocycles. The molecule has 2 aromatic rings. The molecule has 0 bridgehead atoms. The molecule has 0 aliphatic rings. The minimum Gasteiger partial charge on any atom is -0.508 e. The molecule has 3 nitrogen and oxygen atoms in total. The fraction of sp³-hybridized carbons (Fsp3) is 0.235. The van der Waals surface area contributed by atoms with Gasteiger partial charge in [0.2, 0.25) is 0 Å². The van der Waals surface area contributed by atoms with Gasteiger partial charge in [0.1, 0.15) is 5.75 Å². The molecular formula is C17H18O3. The van der Waals surface area contributed by atoms with Crippen molar-refractivity contribution in [2.24, 2.45) is 0 Å². The fourth-order valence-corrected chi connectivity index (χ4v) is 1.98. The van der Waals surface area contributed by atoms with Crippen molar-refractivity contribution >= 4 is 5.97 Å². The Hall–Kier alpha value is -2.29. The first kappa shape index (κ1) is 14.1. The number of aromatic hydroxyl groups is 1. The van der Waals surface area contributed by atoms with Crippen LogP contribution >= 0.6 is 0 Å². The number of benzene rings is 2. The number of carbonyl (C=O) groups excluding carboxylic acids is 1. The number of phenols is 1. The number of aryl methyl sites for hydroxylation is 1. The zero-order valence-corrected chi connectivity index (χ0v) is 11.7. The molecule has 0 fully saturated rings. The van der Waals surface area contributed by atoms with Gasteiger partial charge in [-0.05, 0) is 37.1 Å². The van der Waals surface area contributed by atoms with Crippen molar-refractivity contribution in [3.63, 3.8) is 0 Å². The van der Waals surface area contributed by atoms with E-state index in [9.17, 15) is 9.90 Å². The van der Waals surface area contributed by atoms with E-state index in [1.165, 1.54) is 11.6 Å². The van der Waals surface area contributed by atoms with Crippen LogP contribution in [0.3, 0.4) is 0 Å². The summed E-state index contributed by atoms with van der Waals surface area (Å²) in [4.78, 5) is 11.6. The van der Waals surface area contributed by atoms with Crippen LogP contribution in [-0.4, -0.2) is 17.7 Å². The number of phenolic OH excluding ortho intramolecular Hbond substituents is 1. The minimum absolute atomic E-state index is 0.121. The van der Waals surface area contributed by atoms with E-state index in [1.54, 1.807) is 19.1 Å². The fourth-order valence-electron chi connectivity index (χ4n) is 1.98. The van der Waals surface area contributed by atoms with Crippen molar-refractivity contribution in [1.29, 1.82) is 0 Å². The Morgan fingerprint density at radius 1 is 1.15 bits per heavy atom. The first-order chi connectivity index (χ1) is 9.60. The van der Waals surface area contributed by atoms with Crippen LogP contribution in [0.4, 0.5) is 0 Å². The Balaban J connectivity index is 2.17. The number of ether oxygens (including phenoxy) is 1. The van der Waals surface area contributed by atoms with Gasteiger partial charge in [0, 0.05) is 6.42 Å². The summed E-state index contributed by atoms with van der Waals surface area (Å²) >= 11 is 0. The van der Waals surface area contributed by atoms with Gasteiger partial charge in [0.15, 0.2) is 0 Å². The van der Waals surface area contributed by atoms with Crippen LogP contribution in [0.25, 0.3) is 0 Å². The van der Waals surface area contributed by atoms with Gasteiger partial charge in [-0.3, -0.25) is 0 Å². The van der Waals surface area contributed by atoms with E-state index in [1.807, 2.05) is 31.2 Å². The van der Waals surface area contributed by atoms with Crippen LogP contribution in [0.1, 0.15) is 34.0 Å². The van der Waals surface area contributed by atoms with Crippen molar-refractivity contribution in [2.75, 3.05) is 6.61 Å². The number of carbonyl (C=O) groups is 1. The molecule has 0 saturated heterocycles. The normalized spacial score (nSPS) is 10.3. The Bertz CT molecular complexity index is 600. The van der Waals surface area contributed by atoms with E-state index in [0.717, 1.165) is 11.1 Å². The third kappa shape index (κ3) is 3.38. The third-order valence-electron chi connectivity index (χ3n) is 3.11. The molecule has 0 aromatic heterocycles. The average molecular weight is 270 g/mol. The molecular weight excluding hydrogens is 252 g/mol. The lowest BCUT2D eigenvalue weighted by Crippen LogP contribution is -2.04. The Morgan fingerprint density at radius 2 is 1.85 bits per heavy atom. The molecule has 0 atom stereocenters. The maximum Gasteiger partial charge on any atom is 0.338 e. The summed E-state index contributed by atoms with van der Waals surface area (Å²) < 4.78 is 4.90. The van der Waals surface area contributed by atoms with Crippen molar-refractivity contribution in [3.05, 3.63) is 64.7 Å². The van der Waals surface area contributed by atoms with Gasteiger partial charge >= 0.3 is 5.97 Å². The summed E-state index contributed by atoms with van der Waals surface area (Å²) in [5.74, 6) is -0.291. The summed E-state index contributed by atoms with van der Waals surface area (Å²) in [7, 11) is 0.